The molecule has 0 radical (unpaired) electrons. The summed E-state index contributed by atoms with van der Waals surface area (Å²) in [6, 6.07) is 14.4. The number of hydrogen-bond donors (Lipinski definition) is 0. The van der Waals surface area contributed by atoms with Gasteiger partial charge in [-0.15, -0.1) is 0 Å². The number of ether oxygens (including phenoxy) is 1. The Morgan fingerprint density at radius 3 is 2.67 bits per heavy atom. The van der Waals surface area contributed by atoms with Gasteiger partial charge in [0.2, 0.25) is 5.88 Å². The zero-order chi connectivity index (χ0) is 12.2. The lowest BCUT2D eigenvalue weighted by Crippen LogP contribution is -2.06. The highest BCUT2D eigenvalue weighted by atomic mass is 16.5. The summed E-state index contributed by atoms with van der Waals surface area (Å²) in [6.45, 7) is 0.590. The molecule has 0 atom stereocenters. The van der Waals surface area contributed by atoms with Crippen molar-refractivity contribution in [1.29, 1.82) is 0 Å². The number of rotatable bonds is 3. The average molecular weight is 239 g/mol. The molecule has 1 aliphatic carbocycles. The monoisotopic (exact) mass is 239 g/mol. The third kappa shape index (κ3) is 2.53. The van der Waals surface area contributed by atoms with Crippen molar-refractivity contribution < 1.29 is 4.74 Å². The molecule has 1 aromatic heterocycles. The smallest absolute Gasteiger partial charge is 0.213 e. The molecular formula is C16H17NO. The molecule has 3 rings (SSSR count). The van der Waals surface area contributed by atoms with E-state index in [1.807, 2.05) is 24.3 Å². The first-order valence-corrected chi connectivity index (χ1v) is 6.57. The van der Waals surface area contributed by atoms with Gasteiger partial charge in [-0.05, 0) is 36.8 Å². The molecule has 92 valence electrons. The van der Waals surface area contributed by atoms with Gasteiger partial charge in [-0.2, -0.15) is 0 Å². The summed E-state index contributed by atoms with van der Waals surface area (Å²) in [5, 5.41) is 0. The van der Waals surface area contributed by atoms with Crippen molar-refractivity contribution in [3.05, 3.63) is 59.3 Å². The van der Waals surface area contributed by atoms with Gasteiger partial charge >= 0.3 is 0 Å². The van der Waals surface area contributed by atoms with Gasteiger partial charge in [-0.25, -0.2) is 4.98 Å². The summed E-state index contributed by atoms with van der Waals surface area (Å²) in [7, 11) is 0. The van der Waals surface area contributed by atoms with Crippen LogP contribution in [0.25, 0.3) is 0 Å². The van der Waals surface area contributed by atoms with Gasteiger partial charge in [0.15, 0.2) is 0 Å². The minimum Gasteiger partial charge on any atom is -0.473 e. The molecule has 2 nitrogen and oxygen atoms in total. The maximum Gasteiger partial charge on any atom is 0.213 e. The number of benzene rings is 1. The highest BCUT2D eigenvalue weighted by Crippen LogP contribution is 2.22. The zero-order valence-electron chi connectivity index (χ0n) is 10.4. The minimum absolute atomic E-state index is 0.590. The number of fused-ring (bicyclic) bond motifs is 1. The lowest BCUT2D eigenvalue weighted by atomic mass is 9.96. The summed E-state index contributed by atoms with van der Waals surface area (Å²) in [5.74, 6) is 0.750. The van der Waals surface area contributed by atoms with Gasteiger partial charge in [0.05, 0.1) is 0 Å². The number of hydrogen-bond acceptors (Lipinski definition) is 2. The third-order valence-corrected chi connectivity index (χ3v) is 3.38. The molecule has 0 aliphatic heterocycles. The quantitative estimate of drug-likeness (QED) is 0.817. The summed E-state index contributed by atoms with van der Waals surface area (Å²) >= 11 is 0. The Bertz CT molecular complexity index is 522. The second kappa shape index (κ2) is 5.21. The number of aryl methyl sites for hydroxylation is 2. The van der Waals surface area contributed by atoms with Crippen molar-refractivity contribution in [2.45, 2.75) is 32.3 Å². The topological polar surface area (TPSA) is 22.1 Å². The maximum atomic E-state index is 5.75. The molecule has 0 spiro atoms. The molecule has 0 fully saturated rings. The summed E-state index contributed by atoms with van der Waals surface area (Å²) in [5.41, 5.74) is 3.80. The minimum atomic E-state index is 0.590. The van der Waals surface area contributed by atoms with Crippen LogP contribution in [0.4, 0.5) is 0 Å². The number of aromatic nitrogens is 1. The average Bonchev–Trinajstić information content (AvgIpc) is 2.46. The molecule has 1 aromatic carbocycles. The Labute approximate surface area is 108 Å². The molecule has 1 aliphatic rings. The highest BCUT2D eigenvalue weighted by Gasteiger charge is 2.11. The Balaban J connectivity index is 1.70. The Morgan fingerprint density at radius 1 is 0.944 bits per heavy atom. The van der Waals surface area contributed by atoms with Crippen LogP contribution in [0.15, 0.2) is 42.5 Å². The third-order valence-electron chi connectivity index (χ3n) is 3.38. The van der Waals surface area contributed by atoms with E-state index < -0.39 is 0 Å². The standard InChI is InChI=1S/C16H17NO/c1-2-6-13(7-3-1)12-18-16-11-10-14-8-4-5-9-15(14)17-16/h1-3,6-7,10-11H,4-5,8-9,12H2. The molecule has 18 heavy (non-hydrogen) atoms. The predicted molar refractivity (Wildman–Crippen MR) is 71.7 cm³/mol. The van der Waals surface area contributed by atoms with E-state index in [2.05, 4.69) is 23.2 Å². The first-order chi connectivity index (χ1) is 8.92. The van der Waals surface area contributed by atoms with Gasteiger partial charge in [-0.1, -0.05) is 36.4 Å². The van der Waals surface area contributed by atoms with E-state index in [-0.39, 0.29) is 0 Å². The number of nitrogens with zero attached hydrogens (tertiary/aromatic N) is 1. The SMILES string of the molecule is c1ccc(COc2ccc3c(n2)CCCC3)cc1. The Morgan fingerprint density at radius 2 is 1.78 bits per heavy atom. The van der Waals surface area contributed by atoms with Gasteiger partial charge in [0, 0.05) is 11.8 Å². The fourth-order valence-electron chi connectivity index (χ4n) is 2.37. The van der Waals surface area contributed by atoms with Crippen LogP contribution in [0.1, 0.15) is 29.7 Å². The summed E-state index contributed by atoms with van der Waals surface area (Å²) in [4.78, 5) is 4.61. The molecule has 0 unspecified atom stereocenters. The zero-order valence-corrected chi connectivity index (χ0v) is 10.4. The highest BCUT2D eigenvalue weighted by molar-refractivity contribution is 5.28. The lowest BCUT2D eigenvalue weighted by Gasteiger charge is -2.15. The van der Waals surface area contributed by atoms with Crippen LogP contribution in [0.2, 0.25) is 0 Å². The lowest BCUT2D eigenvalue weighted by molar-refractivity contribution is 0.292. The second-order valence-electron chi connectivity index (χ2n) is 4.74. The van der Waals surface area contributed by atoms with Crippen molar-refractivity contribution >= 4 is 0 Å². The van der Waals surface area contributed by atoms with E-state index >= 15 is 0 Å². The van der Waals surface area contributed by atoms with E-state index in [0.29, 0.717) is 6.61 Å². The van der Waals surface area contributed by atoms with E-state index in [1.165, 1.54) is 36.1 Å². The van der Waals surface area contributed by atoms with Crippen LogP contribution in [-0.4, -0.2) is 4.98 Å². The fraction of sp³-hybridized carbons (Fsp3) is 0.312. The summed E-state index contributed by atoms with van der Waals surface area (Å²) < 4.78 is 5.75. The molecule has 2 heteroatoms. The van der Waals surface area contributed by atoms with Crippen LogP contribution < -0.4 is 4.74 Å². The van der Waals surface area contributed by atoms with Crippen molar-refractivity contribution in [3.8, 4) is 5.88 Å². The van der Waals surface area contributed by atoms with E-state index in [0.717, 1.165) is 12.3 Å². The summed E-state index contributed by atoms with van der Waals surface area (Å²) in [6.07, 6.45) is 4.81. The first kappa shape index (κ1) is 11.3. The first-order valence-electron chi connectivity index (χ1n) is 6.57. The molecule has 0 saturated carbocycles. The van der Waals surface area contributed by atoms with Gasteiger partial charge in [-0.3, -0.25) is 0 Å². The van der Waals surface area contributed by atoms with Gasteiger partial charge in [0.1, 0.15) is 6.61 Å². The van der Waals surface area contributed by atoms with Crippen LogP contribution >= 0.6 is 0 Å². The van der Waals surface area contributed by atoms with E-state index in [4.69, 9.17) is 4.74 Å². The van der Waals surface area contributed by atoms with E-state index in [9.17, 15) is 0 Å². The molecule has 0 amide bonds. The maximum absolute atomic E-state index is 5.75. The van der Waals surface area contributed by atoms with Crippen molar-refractivity contribution in [2.24, 2.45) is 0 Å². The molecular weight excluding hydrogens is 222 g/mol. The molecule has 0 saturated heterocycles. The second-order valence-corrected chi connectivity index (χ2v) is 4.74. The molecule has 0 bridgehead atoms. The van der Waals surface area contributed by atoms with Crippen LogP contribution in [-0.2, 0) is 19.4 Å². The molecule has 2 aromatic rings. The van der Waals surface area contributed by atoms with Crippen LogP contribution in [0.3, 0.4) is 0 Å². The van der Waals surface area contributed by atoms with Gasteiger partial charge < -0.3 is 4.74 Å². The van der Waals surface area contributed by atoms with Crippen LogP contribution in [0.5, 0.6) is 5.88 Å². The number of pyridine rings is 1. The Hall–Kier alpha value is -1.83. The van der Waals surface area contributed by atoms with Crippen LogP contribution in [0, 0.1) is 0 Å². The van der Waals surface area contributed by atoms with E-state index in [1.54, 1.807) is 0 Å². The predicted octanol–water partition coefficient (Wildman–Crippen LogP) is 3.54. The normalized spacial score (nSPS) is 14.0. The van der Waals surface area contributed by atoms with Gasteiger partial charge in [0.25, 0.3) is 0 Å². The fourth-order valence-corrected chi connectivity index (χ4v) is 2.37. The Kier molecular flexibility index (Phi) is 3.26. The molecule has 0 N–H and O–H groups in total. The van der Waals surface area contributed by atoms with Crippen molar-refractivity contribution in [1.82, 2.24) is 4.98 Å². The van der Waals surface area contributed by atoms with Crippen molar-refractivity contribution in [3.63, 3.8) is 0 Å². The van der Waals surface area contributed by atoms with Crippen molar-refractivity contribution in [2.75, 3.05) is 0 Å². The largest absolute Gasteiger partial charge is 0.473 e. The molecule has 1 heterocycles.